The molecule has 0 amide bonds. The van der Waals surface area contributed by atoms with Gasteiger partial charge < -0.3 is 10.4 Å². The summed E-state index contributed by atoms with van der Waals surface area (Å²) in [7, 11) is 0. The number of thiophene rings is 1. The molecule has 10 heteroatoms. The van der Waals surface area contributed by atoms with E-state index in [1.165, 1.54) is 11.3 Å². The van der Waals surface area contributed by atoms with Crippen LogP contribution in [0.4, 0.5) is 10.7 Å². The first kappa shape index (κ1) is 24.5. The summed E-state index contributed by atoms with van der Waals surface area (Å²) >= 11 is 4.71. The number of hydrogen-bond acceptors (Lipinski definition) is 5. The molecule has 0 radical (unpaired) electrons. The average Bonchev–Trinajstić information content (AvgIpc) is 3.45. The van der Waals surface area contributed by atoms with E-state index in [-0.39, 0.29) is 6.42 Å². The summed E-state index contributed by atoms with van der Waals surface area (Å²) in [5, 5.41) is 14.6. The van der Waals surface area contributed by atoms with E-state index in [4.69, 9.17) is 11.6 Å². The van der Waals surface area contributed by atoms with Crippen molar-refractivity contribution in [2.45, 2.75) is 24.4 Å². The molecule has 3 unspecified atom stereocenters. The second kappa shape index (κ2) is 10.0. The Morgan fingerprint density at radius 1 is 1.17 bits per heavy atom. The molecule has 5 rings (SSSR count). The Bertz CT molecular complexity index is 1410. The summed E-state index contributed by atoms with van der Waals surface area (Å²) in [6.45, 7) is 0.571. The number of hydrogen-bond donors (Lipinski definition) is 3. The first-order valence-electron chi connectivity index (χ1n) is 11.1. The number of halogens is 1. The van der Waals surface area contributed by atoms with Gasteiger partial charge in [0.25, 0.3) is 11.3 Å². The van der Waals surface area contributed by atoms with E-state index < -0.39 is 28.7 Å². The summed E-state index contributed by atoms with van der Waals surface area (Å²) < 4.78 is 23.9. The Balaban J connectivity index is 1.41. The smallest absolute Gasteiger partial charge is 0.331 e. The molecule has 3 atom stereocenters. The number of benzene rings is 2. The molecule has 2 aromatic heterocycles. The molecule has 0 spiro atoms. The third-order valence-electron chi connectivity index (χ3n) is 6.25. The minimum atomic E-state index is -2.54. The van der Waals surface area contributed by atoms with Crippen molar-refractivity contribution in [2.24, 2.45) is 0 Å². The number of anilines is 2. The van der Waals surface area contributed by atoms with Crippen LogP contribution in [0.5, 0.6) is 0 Å². The molecule has 1 fully saturated rings. The number of pyridine rings is 1. The fraction of sp³-hybridized carbons (Fsp3) is 0.154. The van der Waals surface area contributed by atoms with E-state index >= 15 is 0 Å². The molecule has 2 aromatic carbocycles. The molecule has 1 aliphatic rings. The first-order valence-corrected chi connectivity index (χ1v) is 13.4. The number of aromatic nitrogens is 1. The zero-order valence-electron chi connectivity index (χ0n) is 18.9. The van der Waals surface area contributed by atoms with Crippen LogP contribution in [-0.4, -0.2) is 30.4 Å². The zero-order valence-corrected chi connectivity index (χ0v) is 21.3. The molecule has 1 aliphatic carbocycles. The maximum absolute atomic E-state index is 12.6. The van der Waals surface area contributed by atoms with E-state index in [1.807, 2.05) is 54.6 Å². The lowest BCUT2D eigenvalue weighted by Crippen LogP contribution is -2.45. The van der Waals surface area contributed by atoms with Gasteiger partial charge in [0.1, 0.15) is 5.00 Å². The van der Waals surface area contributed by atoms with E-state index in [1.54, 1.807) is 30.6 Å². The topological polar surface area (TPSA) is 103 Å². The highest BCUT2D eigenvalue weighted by molar-refractivity contribution is 7.81. The van der Waals surface area contributed by atoms with Crippen LogP contribution in [0.15, 0.2) is 85.2 Å². The SMILES string of the molecule is O=C(O)C1(N(c2ccc(-c3ccc(Cl)cc3)s2)S(=O)O)CC1c1cccc(NCc2cccnc2)c1. The second-order valence-corrected chi connectivity index (χ2v) is 10.8. The van der Waals surface area contributed by atoms with Crippen LogP contribution in [0.1, 0.15) is 23.5 Å². The molecule has 2 heterocycles. The first-order chi connectivity index (χ1) is 17.4. The van der Waals surface area contributed by atoms with Crippen molar-refractivity contribution in [3.63, 3.8) is 0 Å². The predicted octanol–water partition coefficient (Wildman–Crippen LogP) is 6.03. The summed E-state index contributed by atoms with van der Waals surface area (Å²) in [5.74, 6) is -1.59. The van der Waals surface area contributed by atoms with Crippen molar-refractivity contribution in [3.05, 3.63) is 101 Å². The van der Waals surface area contributed by atoms with Crippen molar-refractivity contribution in [3.8, 4) is 10.4 Å². The highest BCUT2D eigenvalue weighted by Crippen LogP contribution is 2.58. The minimum Gasteiger partial charge on any atom is -0.479 e. The van der Waals surface area contributed by atoms with Crippen molar-refractivity contribution in [2.75, 3.05) is 9.62 Å². The lowest BCUT2D eigenvalue weighted by molar-refractivity contribution is -0.139. The Morgan fingerprint density at radius 3 is 2.67 bits per heavy atom. The van der Waals surface area contributed by atoms with Crippen LogP contribution in [0, 0.1) is 0 Å². The Labute approximate surface area is 219 Å². The van der Waals surface area contributed by atoms with Gasteiger partial charge in [0.2, 0.25) is 0 Å². The van der Waals surface area contributed by atoms with Gasteiger partial charge in [0, 0.05) is 40.4 Å². The highest BCUT2D eigenvalue weighted by Gasteiger charge is 2.67. The van der Waals surface area contributed by atoms with E-state index in [9.17, 15) is 18.7 Å². The van der Waals surface area contributed by atoms with Crippen LogP contribution >= 0.6 is 22.9 Å². The third kappa shape index (κ3) is 4.75. The Kier molecular flexibility index (Phi) is 6.81. The minimum absolute atomic E-state index is 0.217. The van der Waals surface area contributed by atoms with Crippen LogP contribution < -0.4 is 9.62 Å². The lowest BCUT2D eigenvalue weighted by Gasteiger charge is -2.26. The number of nitrogens with one attached hydrogen (secondary N) is 1. The summed E-state index contributed by atoms with van der Waals surface area (Å²) in [4.78, 5) is 17.5. The molecule has 184 valence electrons. The molecule has 3 N–H and O–H groups in total. The van der Waals surface area contributed by atoms with Crippen LogP contribution in [-0.2, 0) is 22.6 Å². The molecule has 0 aliphatic heterocycles. The normalized spacial score (nSPS) is 19.4. The van der Waals surface area contributed by atoms with Gasteiger partial charge >= 0.3 is 5.97 Å². The quantitative estimate of drug-likeness (QED) is 0.224. The number of nitrogens with zero attached hydrogens (tertiary/aromatic N) is 2. The lowest BCUT2D eigenvalue weighted by atomic mass is 10.1. The summed E-state index contributed by atoms with van der Waals surface area (Å²) in [6.07, 6.45) is 3.71. The molecule has 1 saturated carbocycles. The molecule has 7 nitrogen and oxygen atoms in total. The van der Waals surface area contributed by atoms with Crippen LogP contribution in [0.3, 0.4) is 0 Å². The van der Waals surface area contributed by atoms with Crippen LogP contribution in [0.25, 0.3) is 10.4 Å². The highest BCUT2D eigenvalue weighted by atomic mass is 35.5. The van der Waals surface area contributed by atoms with Gasteiger partial charge in [-0.15, -0.1) is 11.3 Å². The van der Waals surface area contributed by atoms with Crippen molar-refractivity contribution in [1.82, 2.24) is 4.98 Å². The number of rotatable bonds is 9. The largest absolute Gasteiger partial charge is 0.479 e. The molecular weight excluding hydrogens is 518 g/mol. The molecule has 0 saturated heterocycles. The predicted molar refractivity (Wildman–Crippen MR) is 144 cm³/mol. The molecule has 4 aromatic rings. The maximum Gasteiger partial charge on any atom is 0.331 e. The van der Waals surface area contributed by atoms with E-state index in [0.29, 0.717) is 16.6 Å². The maximum atomic E-state index is 12.6. The summed E-state index contributed by atoms with van der Waals surface area (Å²) in [6, 6.07) is 22.1. The average molecular weight is 540 g/mol. The van der Waals surface area contributed by atoms with Crippen molar-refractivity contribution in [1.29, 1.82) is 0 Å². The monoisotopic (exact) mass is 539 g/mol. The van der Waals surface area contributed by atoms with Crippen molar-refractivity contribution < 1.29 is 18.7 Å². The van der Waals surface area contributed by atoms with Gasteiger partial charge in [-0.05, 0) is 65.6 Å². The summed E-state index contributed by atoms with van der Waals surface area (Å²) in [5.41, 5.74) is 2.01. The second-order valence-electron chi connectivity index (χ2n) is 8.50. The Morgan fingerprint density at radius 2 is 1.97 bits per heavy atom. The number of carbonyl (C=O) groups is 1. The van der Waals surface area contributed by atoms with Crippen molar-refractivity contribution >= 4 is 50.9 Å². The van der Waals surface area contributed by atoms with Gasteiger partial charge in [0.15, 0.2) is 5.54 Å². The fourth-order valence-corrected chi connectivity index (χ4v) is 6.58. The van der Waals surface area contributed by atoms with Gasteiger partial charge in [-0.3, -0.25) is 9.54 Å². The zero-order chi connectivity index (χ0) is 25.3. The molecule has 0 bridgehead atoms. The van der Waals surface area contributed by atoms with Gasteiger partial charge in [-0.25, -0.2) is 13.3 Å². The number of carboxylic acid groups (broad SMARTS) is 1. The van der Waals surface area contributed by atoms with E-state index in [2.05, 4.69) is 10.3 Å². The molecule has 36 heavy (non-hydrogen) atoms. The van der Waals surface area contributed by atoms with Gasteiger partial charge in [-0.2, -0.15) is 0 Å². The molecular formula is C26H22ClN3O4S2. The Hall–Kier alpha value is -3.24. The fourth-order valence-electron chi connectivity index (χ4n) is 4.38. The number of carboxylic acids is 1. The number of aliphatic carboxylic acids is 1. The van der Waals surface area contributed by atoms with Gasteiger partial charge in [0.05, 0.1) is 0 Å². The van der Waals surface area contributed by atoms with E-state index in [0.717, 1.165) is 31.6 Å². The third-order valence-corrected chi connectivity index (χ3v) is 8.57. The van der Waals surface area contributed by atoms with Gasteiger partial charge in [-0.1, -0.05) is 41.9 Å². The standard InChI is InChI=1S/C26H22ClN3O4S2/c27-20-8-6-18(7-9-20)23-10-11-24(35-23)30(36(33)34)26(25(31)32)14-22(26)19-4-1-5-21(13-19)29-16-17-3-2-12-28-15-17/h1-13,15,22,29H,14,16H2,(H,31,32)(H,33,34). The van der Waals surface area contributed by atoms with Crippen LogP contribution in [0.2, 0.25) is 5.02 Å².